The Kier molecular flexibility index (Phi) is 5.63. The van der Waals surface area contributed by atoms with Gasteiger partial charge in [0, 0.05) is 18.6 Å². The lowest BCUT2D eigenvalue weighted by Crippen LogP contribution is -2.42. The molecule has 25 heavy (non-hydrogen) atoms. The molecule has 1 aliphatic rings. The number of carboxylic acids is 1. The molecule has 2 amide bonds. The maximum absolute atomic E-state index is 12.3. The highest BCUT2D eigenvalue weighted by molar-refractivity contribution is 6.00. The summed E-state index contributed by atoms with van der Waals surface area (Å²) in [7, 11) is 0. The van der Waals surface area contributed by atoms with Crippen LogP contribution < -0.4 is 15.4 Å². The first-order chi connectivity index (χ1) is 11.7. The maximum atomic E-state index is 12.3. The van der Waals surface area contributed by atoms with Crippen LogP contribution in [-0.4, -0.2) is 47.7 Å². The fourth-order valence-electron chi connectivity index (χ4n) is 2.21. The van der Waals surface area contributed by atoms with Crippen LogP contribution in [0.2, 0.25) is 0 Å². The summed E-state index contributed by atoms with van der Waals surface area (Å²) in [5, 5.41) is 14.3. The normalized spacial score (nSPS) is 14.8. The smallest absolute Gasteiger partial charge is 0.326 e. The highest BCUT2D eigenvalue weighted by atomic mass is 16.5. The van der Waals surface area contributed by atoms with Crippen LogP contribution in [-0.2, 0) is 14.3 Å². The van der Waals surface area contributed by atoms with Crippen molar-refractivity contribution in [2.24, 2.45) is 0 Å². The predicted molar refractivity (Wildman–Crippen MR) is 89.8 cm³/mol. The Morgan fingerprint density at radius 2 is 2.12 bits per heavy atom. The fourth-order valence-corrected chi connectivity index (χ4v) is 2.21. The van der Waals surface area contributed by atoms with Crippen LogP contribution in [0.25, 0.3) is 0 Å². The average molecular weight is 350 g/mol. The minimum Gasteiger partial charge on any atom is -0.482 e. The third-order valence-electron chi connectivity index (χ3n) is 3.42. The van der Waals surface area contributed by atoms with E-state index < -0.39 is 17.9 Å². The molecule has 2 rings (SSSR count). The van der Waals surface area contributed by atoms with E-state index in [4.69, 9.17) is 9.47 Å². The molecule has 8 heteroatoms. The Balaban J connectivity index is 2.02. The van der Waals surface area contributed by atoms with Crippen molar-refractivity contribution < 1.29 is 29.0 Å². The Morgan fingerprint density at radius 3 is 2.76 bits per heavy atom. The lowest BCUT2D eigenvalue weighted by molar-refractivity contribution is -0.140. The number of anilines is 1. The first kappa shape index (κ1) is 18.7. The number of amides is 2. The third-order valence-corrected chi connectivity index (χ3v) is 3.42. The Bertz CT molecular complexity index is 680. The third kappa shape index (κ3) is 5.46. The molecule has 0 saturated carbocycles. The number of aliphatic carboxylic acids is 1. The van der Waals surface area contributed by atoms with Crippen molar-refractivity contribution in [3.63, 3.8) is 0 Å². The summed E-state index contributed by atoms with van der Waals surface area (Å²) in [6, 6.07) is 3.45. The van der Waals surface area contributed by atoms with E-state index in [-0.39, 0.29) is 36.7 Å². The number of fused-ring (bicyclic) bond motifs is 1. The monoisotopic (exact) mass is 350 g/mol. The number of hydrogen-bond acceptors (Lipinski definition) is 5. The van der Waals surface area contributed by atoms with Crippen molar-refractivity contribution >= 4 is 23.5 Å². The molecule has 0 aromatic heterocycles. The molecule has 0 fully saturated rings. The first-order valence-corrected chi connectivity index (χ1v) is 7.90. The Labute approximate surface area is 145 Å². The quantitative estimate of drug-likeness (QED) is 0.715. The molecule has 136 valence electrons. The van der Waals surface area contributed by atoms with Crippen molar-refractivity contribution in [3.05, 3.63) is 23.8 Å². The van der Waals surface area contributed by atoms with Crippen LogP contribution in [0.4, 0.5) is 5.69 Å². The molecule has 0 saturated heterocycles. The van der Waals surface area contributed by atoms with Crippen molar-refractivity contribution in [2.75, 3.05) is 18.5 Å². The Hall–Kier alpha value is -2.61. The van der Waals surface area contributed by atoms with E-state index in [0.717, 1.165) is 0 Å². The van der Waals surface area contributed by atoms with E-state index >= 15 is 0 Å². The van der Waals surface area contributed by atoms with Gasteiger partial charge in [0.1, 0.15) is 11.8 Å². The van der Waals surface area contributed by atoms with Gasteiger partial charge in [-0.25, -0.2) is 4.79 Å². The van der Waals surface area contributed by atoms with Crippen LogP contribution in [0.5, 0.6) is 5.75 Å². The molecule has 1 unspecified atom stereocenters. The van der Waals surface area contributed by atoms with Crippen molar-refractivity contribution in [1.29, 1.82) is 0 Å². The van der Waals surface area contributed by atoms with Crippen LogP contribution in [0.3, 0.4) is 0 Å². The minimum absolute atomic E-state index is 0.0760. The number of rotatable bonds is 6. The van der Waals surface area contributed by atoms with Gasteiger partial charge in [-0.1, -0.05) is 0 Å². The molecule has 3 N–H and O–H groups in total. The lowest BCUT2D eigenvalue weighted by Gasteiger charge is -2.22. The Morgan fingerprint density at radius 1 is 1.40 bits per heavy atom. The van der Waals surface area contributed by atoms with Crippen LogP contribution >= 0.6 is 0 Å². The molecular formula is C17H22N2O6. The molecule has 0 bridgehead atoms. The number of benzene rings is 1. The molecule has 1 aliphatic heterocycles. The molecule has 1 aromatic carbocycles. The standard InChI is InChI=1S/C17H22N2O6/c1-17(2,3)25-7-6-11(16(22)23)19-15(21)10-4-5-13-12(8-10)18-14(20)9-24-13/h4-5,8,11H,6-7,9H2,1-3H3,(H,18,20)(H,19,21)(H,22,23). The SMILES string of the molecule is CC(C)(C)OCCC(NC(=O)c1ccc2c(c1)NC(=O)CO2)C(=O)O. The summed E-state index contributed by atoms with van der Waals surface area (Å²) in [6.07, 6.45) is 0.142. The van der Waals surface area contributed by atoms with Gasteiger partial charge in [0.15, 0.2) is 6.61 Å². The maximum Gasteiger partial charge on any atom is 0.326 e. The first-order valence-electron chi connectivity index (χ1n) is 7.90. The number of ether oxygens (including phenoxy) is 2. The van der Waals surface area contributed by atoms with Gasteiger partial charge >= 0.3 is 5.97 Å². The highest BCUT2D eigenvalue weighted by Gasteiger charge is 2.23. The van der Waals surface area contributed by atoms with Crippen LogP contribution in [0, 0.1) is 0 Å². The van der Waals surface area contributed by atoms with Gasteiger partial charge in [-0.15, -0.1) is 0 Å². The molecule has 0 spiro atoms. The average Bonchev–Trinajstić information content (AvgIpc) is 2.51. The summed E-state index contributed by atoms with van der Waals surface area (Å²) in [6.45, 7) is 5.72. The molecule has 8 nitrogen and oxygen atoms in total. The second kappa shape index (κ2) is 7.52. The van der Waals surface area contributed by atoms with E-state index in [1.54, 1.807) is 6.07 Å². The van der Waals surface area contributed by atoms with Crippen LogP contribution in [0.1, 0.15) is 37.6 Å². The summed E-state index contributed by atoms with van der Waals surface area (Å²) >= 11 is 0. The summed E-state index contributed by atoms with van der Waals surface area (Å²) < 4.78 is 10.7. The van der Waals surface area contributed by atoms with Crippen molar-refractivity contribution in [2.45, 2.75) is 38.8 Å². The van der Waals surface area contributed by atoms with Gasteiger partial charge in [-0.05, 0) is 39.0 Å². The number of nitrogens with one attached hydrogen (secondary N) is 2. The second-order valence-electron chi connectivity index (χ2n) is 6.66. The topological polar surface area (TPSA) is 114 Å². The van der Waals surface area contributed by atoms with E-state index in [0.29, 0.717) is 11.4 Å². The van der Waals surface area contributed by atoms with E-state index in [2.05, 4.69) is 10.6 Å². The van der Waals surface area contributed by atoms with Crippen molar-refractivity contribution in [3.8, 4) is 5.75 Å². The molecule has 1 aromatic rings. The largest absolute Gasteiger partial charge is 0.482 e. The highest BCUT2D eigenvalue weighted by Crippen LogP contribution is 2.28. The number of hydrogen-bond donors (Lipinski definition) is 3. The minimum atomic E-state index is -1.14. The predicted octanol–water partition coefficient (Wildman–Crippen LogP) is 1.41. The molecule has 0 aliphatic carbocycles. The number of carbonyl (C=O) groups excluding carboxylic acids is 2. The van der Waals surface area contributed by atoms with Gasteiger partial charge < -0.3 is 25.2 Å². The van der Waals surface area contributed by atoms with E-state index in [1.165, 1.54) is 12.1 Å². The molecule has 1 heterocycles. The summed E-state index contributed by atoms with van der Waals surface area (Å²) in [5.41, 5.74) is 0.225. The molecule has 1 atom stereocenters. The molecular weight excluding hydrogens is 328 g/mol. The number of carboxylic acid groups (broad SMARTS) is 1. The van der Waals surface area contributed by atoms with Crippen molar-refractivity contribution in [1.82, 2.24) is 5.32 Å². The fraction of sp³-hybridized carbons (Fsp3) is 0.471. The van der Waals surface area contributed by atoms with Gasteiger partial charge in [0.25, 0.3) is 11.8 Å². The van der Waals surface area contributed by atoms with Gasteiger partial charge in [-0.3, -0.25) is 9.59 Å². The molecule has 0 radical (unpaired) electrons. The zero-order valence-corrected chi connectivity index (χ0v) is 14.4. The summed E-state index contributed by atoms with van der Waals surface area (Å²) in [4.78, 5) is 35.0. The summed E-state index contributed by atoms with van der Waals surface area (Å²) in [5.74, 6) is -1.54. The zero-order valence-electron chi connectivity index (χ0n) is 14.4. The number of carbonyl (C=O) groups is 3. The van der Waals surface area contributed by atoms with Gasteiger partial charge in [0.05, 0.1) is 11.3 Å². The second-order valence-corrected chi connectivity index (χ2v) is 6.66. The zero-order chi connectivity index (χ0) is 18.6. The van der Waals surface area contributed by atoms with Crippen LogP contribution in [0.15, 0.2) is 18.2 Å². The van der Waals surface area contributed by atoms with E-state index in [9.17, 15) is 19.5 Å². The van der Waals surface area contributed by atoms with Gasteiger partial charge in [-0.2, -0.15) is 0 Å². The lowest BCUT2D eigenvalue weighted by atomic mass is 10.1. The van der Waals surface area contributed by atoms with E-state index in [1.807, 2.05) is 20.8 Å². The van der Waals surface area contributed by atoms with Gasteiger partial charge in [0.2, 0.25) is 0 Å².